The molecule has 1 heterocycles. The number of nitrogens with zero attached hydrogens (tertiary/aromatic N) is 1. The van der Waals surface area contributed by atoms with Crippen molar-refractivity contribution in [2.45, 2.75) is 46.2 Å². The summed E-state index contributed by atoms with van der Waals surface area (Å²) in [5, 5.41) is 3.65. The molecule has 0 saturated carbocycles. The van der Waals surface area contributed by atoms with Crippen molar-refractivity contribution in [1.82, 2.24) is 10.2 Å². The summed E-state index contributed by atoms with van der Waals surface area (Å²) in [5.41, 5.74) is 0. The molecule has 0 amide bonds. The molecule has 3 atom stereocenters. The zero-order valence-corrected chi connectivity index (χ0v) is 12.2. The molecule has 1 rings (SSSR count). The van der Waals surface area contributed by atoms with E-state index in [4.69, 9.17) is 4.74 Å². The van der Waals surface area contributed by atoms with Crippen molar-refractivity contribution in [3.63, 3.8) is 0 Å². The van der Waals surface area contributed by atoms with E-state index in [2.05, 4.69) is 37.9 Å². The predicted molar refractivity (Wildman–Crippen MR) is 73.3 cm³/mol. The molecule has 3 heteroatoms. The van der Waals surface area contributed by atoms with Crippen LogP contribution in [0.3, 0.4) is 0 Å². The number of rotatable bonds is 6. The zero-order chi connectivity index (χ0) is 12.8. The second-order valence-electron chi connectivity index (χ2n) is 5.71. The summed E-state index contributed by atoms with van der Waals surface area (Å²) in [6.07, 6.45) is 1.25. The van der Waals surface area contributed by atoms with Crippen LogP contribution in [-0.4, -0.2) is 50.3 Å². The summed E-state index contributed by atoms with van der Waals surface area (Å²) in [5.74, 6) is 1.42. The Bertz CT molecular complexity index is 208. The fraction of sp³-hybridized carbons (Fsp3) is 1.00. The zero-order valence-electron chi connectivity index (χ0n) is 12.2. The predicted octanol–water partition coefficient (Wildman–Crippen LogP) is 1.98. The molecule has 17 heavy (non-hydrogen) atoms. The minimum Gasteiger partial charge on any atom is -0.383 e. The van der Waals surface area contributed by atoms with Gasteiger partial charge in [0.25, 0.3) is 0 Å². The van der Waals surface area contributed by atoms with Gasteiger partial charge >= 0.3 is 0 Å². The van der Waals surface area contributed by atoms with Crippen molar-refractivity contribution in [3.8, 4) is 0 Å². The first-order valence-electron chi connectivity index (χ1n) is 7.06. The first kappa shape index (κ1) is 14.9. The van der Waals surface area contributed by atoms with Gasteiger partial charge in [-0.1, -0.05) is 34.1 Å². The van der Waals surface area contributed by atoms with Crippen LogP contribution in [0.1, 0.15) is 34.1 Å². The maximum absolute atomic E-state index is 5.38. The molecule has 3 nitrogen and oxygen atoms in total. The highest BCUT2D eigenvalue weighted by molar-refractivity contribution is 4.86. The van der Waals surface area contributed by atoms with Crippen LogP contribution in [0.5, 0.6) is 0 Å². The highest BCUT2D eigenvalue weighted by Gasteiger charge is 2.29. The number of nitrogens with one attached hydrogen (secondary N) is 1. The van der Waals surface area contributed by atoms with Gasteiger partial charge in [-0.25, -0.2) is 0 Å². The summed E-state index contributed by atoms with van der Waals surface area (Å²) in [6, 6.07) is 1.21. The van der Waals surface area contributed by atoms with Gasteiger partial charge in [-0.2, -0.15) is 0 Å². The summed E-state index contributed by atoms with van der Waals surface area (Å²) < 4.78 is 5.38. The molecule has 1 aliphatic heterocycles. The van der Waals surface area contributed by atoms with Crippen molar-refractivity contribution in [2.24, 2.45) is 11.8 Å². The summed E-state index contributed by atoms with van der Waals surface area (Å²) >= 11 is 0. The molecule has 0 bridgehead atoms. The third kappa shape index (κ3) is 4.23. The lowest BCUT2D eigenvalue weighted by molar-refractivity contribution is 0.0389. The molecule has 0 spiro atoms. The maximum atomic E-state index is 5.38. The van der Waals surface area contributed by atoms with Gasteiger partial charge in [-0.05, 0) is 11.8 Å². The minimum atomic E-state index is 0.564. The normalized spacial score (nSPS) is 26.1. The Morgan fingerprint density at radius 2 is 2.06 bits per heavy atom. The Hall–Kier alpha value is -0.120. The fourth-order valence-corrected chi connectivity index (χ4v) is 2.66. The van der Waals surface area contributed by atoms with Gasteiger partial charge in [0, 0.05) is 38.8 Å². The lowest BCUT2D eigenvalue weighted by Gasteiger charge is -2.42. The quantitative estimate of drug-likeness (QED) is 0.771. The Kier molecular flexibility index (Phi) is 6.45. The first-order valence-corrected chi connectivity index (χ1v) is 7.06. The lowest BCUT2D eigenvalue weighted by Crippen LogP contribution is -2.57. The second-order valence-corrected chi connectivity index (χ2v) is 5.71. The monoisotopic (exact) mass is 242 g/mol. The average Bonchev–Trinajstić information content (AvgIpc) is 2.34. The van der Waals surface area contributed by atoms with Crippen molar-refractivity contribution in [1.29, 1.82) is 0 Å². The molecule has 0 aromatic carbocycles. The fourth-order valence-electron chi connectivity index (χ4n) is 2.66. The maximum Gasteiger partial charge on any atom is 0.0620 e. The van der Waals surface area contributed by atoms with Gasteiger partial charge < -0.3 is 10.1 Å². The van der Waals surface area contributed by atoms with Gasteiger partial charge in [0.1, 0.15) is 0 Å². The third-order valence-electron chi connectivity index (χ3n) is 4.14. The molecule has 0 radical (unpaired) electrons. The third-order valence-corrected chi connectivity index (χ3v) is 4.14. The number of ether oxygens (including phenoxy) is 1. The molecule has 1 N–H and O–H groups in total. The van der Waals surface area contributed by atoms with Gasteiger partial charge in [0.15, 0.2) is 0 Å². The van der Waals surface area contributed by atoms with Crippen LogP contribution >= 0.6 is 0 Å². The topological polar surface area (TPSA) is 24.5 Å². The minimum absolute atomic E-state index is 0.564. The molecule has 0 aromatic rings. The van der Waals surface area contributed by atoms with Crippen LogP contribution in [0, 0.1) is 11.8 Å². The van der Waals surface area contributed by atoms with Crippen LogP contribution in [0.25, 0.3) is 0 Å². The summed E-state index contributed by atoms with van der Waals surface area (Å²) in [6.45, 7) is 13.5. The van der Waals surface area contributed by atoms with Crippen molar-refractivity contribution < 1.29 is 4.74 Å². The first-order chi connectivity index (χ1) is 8.10. The molecule has 0 aromatic heterocycles. The molecule has 102 valence electrons. The van der Waals surface area contributed by atoms with Gasteiger partial charge in [0.2, 0.25) is 0 Å². The van der Waals surface area contributed by atoms with Crippen molar-refractivity contribution >= 4 is 0 Å². The van der Waals surface area contributed by atoms with E-state index in [0.29, 0.717) is 18.0 Å². The largest absolute Gasteiger partial charge is 0.383 e. The van der Waals surface area contributed by atoms with E-state index >= 15 is 0 Å². The van der Waals surface area contributed by atoms with Gasteiger partial charge in [0.05, 0.1) is 6.61 Å². The molecular weight excluding hydrogens is 212 g/mol. The number of methoxy groups -OCH3 is 1. The van der Waals surface area contributed by atoms with E-state index in [-0.39, 0.29) is 0 Å². The van der Waals surface area contributed by atoms with E-state index in [9.17, 15) is 0 Å². The molecule has 0 aliphatic carbocycles. The highest BCUT2D eigenvalue weighted by atomic mass is 16.5. The molecule has 1 saturated heterocycles. The van der Waals surface area contributed by atoms with E-state index in [0.717, 1.165) is 25.6 Å². The molecule has 1 aliphatic rings. The Balaban J connectivity index is 2.57. The summed E-state index contributed by atoms with van der Waals surface area (Å²) in [7, 11) is 1.81. The van der Waals surface area contributed by atoms with Crippen LogP contribution < -0.4 is 5.32 Å². The molecule has 1 fully saturated rings. The van der Waals surface area contributed by atoms with Crippen molar-refractivity contribution in [3.05, 3.63) is 0 Å². The Morgan fingerprint density at radius 1 is 1.35 bits per heavy atom. The second kappa shape index (κ2) is 7.34. The molecule has 3 unspecified atom stereocenters. The number of hydrogen-bond donors (Lipinski definition) is 1. The van der Waals surface area contributed by atoms with Crippen LogP contribution in [0.15, 0.2) is 0 Å². The number of piperazine rings is 1. The SMILES string of the molecule is CCC(C)C1CN(C(COC)C(C)C)CCN1. The van der Waals surface area contributed by atoms with Crippen LogP contribution in [0.4, 0.5) is 0 Å². The van der Waals surface area contributed by atoms with Crippen LogP contribution in [0.2, 0.25) is 0 Å². The summed E-state index contributed by atoms with van der Waals surface area (Å²) in [4.78, 5) is 2.61. The van der Waals surface area contributed by atoms with Gasteiger partial charge in [-0.3, -0.25) is 4.90 Å². The lowest BCUT2D eigenvalue weighted by atomic mass is 9.94. The van der Waals surface area contributed by atoms with E-state index in [1.807, 2.05) is 7.11 Å². The average molecular weight is 242 g/mol. The number of hydrogen-bond acceptors (Lipinski definition) is 3. The highest BCUT2D eigenvalue weighted by Crippen LogP contribution is 2.18. The van der Waals surface area contributed by atoms with E-state index in [1.54, 1.807) is 0 Å². The van der Waals surface area contributed by atoms with Crippen molar-refractivity contribution in [2.75, 3.05) is 33.4 Å². The standard InChI is InChI=1S/C14H30N2O/c1-6-12(4)13-9-16(8-7-15-13)14(10-17-5)11(2)3/h11-15H,6-10H2,1-5H3. The molecular formula is C14H30N2O. The van der Waals surface area contributed by atoms with Crippen LogP contribution in [-0.2, 0) is 4.74 Å². The Morgan fingerprint density at radius 3 is 2.59 bits per heavy atom. The van der Waals surface area contributed by atoms with E-state index in [1.165, 1.54) is 13.0 Å². The Labute approximate surface area is 107 Å². The van der Waals surface area contributed by atoms with E-state index < -0.39 is 0 Å². The smallest absolute Gasteiger partial charge is 0.0620 e. The van der Waals surface area contributed by atoms with Gasteiger partial charge in [-0.15, -0.1) is 0 Å².